The van der Waals surface area contributed by atoms with Crippen molar-refractivity contribution in [3.63, 3.8) is 0 Å². The Morgan fingerprint density at radius 3 is 2.43 bits per heavy atom. The van der Waals surface area contributed by atoms with Gasteiger partial charge in [0.1, 0.15) is 0 Å². The van der Waals surface area contributed by atoms with Gasteiger partial charge in [-0.05, 0) is 43.6 Å². The maximum Gasteiger partial charge on any atom is 0.191 e. The van der Waals surface area contributed by atoms with Crippen molar-refractivity contribution in [1.29, 1.82) is 0 Å². The first-order chi connectivity index (χ1) is 9.78. The third-order valence-corrected chi connectivity index (χ3v) is 4.13. The van der Waals surface area contributed by atoms with Gasteiger partial charge in [-0.25, -0.2) is 0 Å². The summed E-state index contributed by atoms with van der Waals surface area (Å²) in [5.74, 6) is 1.83. The highest BCUT2D eigenvalue weighted by atomic mass is 127. The highest BCUT2D eigenvalue weighted by Crippen LogP contribution is 2.23. The molecular weight excluding hydrogens is 373 g/mol. The van der Waals surface area contributed by atoms with E-state index in [0.29, 0.717) is 6.04 Å². The Kier molecular flexibility index (Phi) is 8.73. The van der Waals surface area contributed by atoms with Crippen LogP contribution in [0.4, 0.5) is 0 Å². The maximum absolute atomic E-state index is 4.33. The van der Waals surface area contributed by atoms with Gasteiger partial charge in [-0.3, -0.25) is 4.99 Å². The lowest BCUT2D eigenvalue weighted by Gasteiger charge is -2.28. The molecule has 1 aromatic carbocycles. The van der Waals surface area contributed by atoms with E-state index < -0.39 is 0 Å². The molecule has 118 valence electrons. The molecule has 0 aliphatic heterocycles. The second-order valence-electron chi connectivity index (χ2n) is 5.84. The van der Waals surface area contributed by atoms with Crippen LogP contribution in [0.15, 0.2) is 35.3 Å². The van der Waals surface area contributed by atoms with Crippen molar-refractivity contribution in [3.05, 3.63) is 35.9 Å². The molecule has 1 aliphatic carbocycles. The topological polar surface area (TPSA) is 36.4 Å². The number of aliphatic imine (C=N–C) groups is 1. The average molecular weight is 401 g/mol. The fourth-order valence-corrected chi connectivity index (χ4v) is 2.76. The van der Waals surface area contributed by atoms with Gasteiger partial charge in [0.2, 0.25) is 0 Å². The van der Waals surface area contributed by atoms with Crippen LogP contribution in [0.1, 0.15) is 38.2 Å². The fourth-order valence-electron chi connectivity index (χ4n) is 2.76. The number of guanidine groups is 1. The minimum absolute atomic E-state index is 0. The Labute approximate surface area is 146 Å². The van der Waals surface area contributed by atoms with Crippen molar-refractivity contribution in [2.24, 2.45) is 10.9 Å². The summed E-state index contributed by atoms with van der Waals surface area (Å²) in [6, 6.07) is 11.2. The van der Waals surface area contributed by atoms with Gasteiger partial charge in [-0.1, -0.05) is 37.3 Å². The molecule has 1 fully saturated rings. The molecule has 4 heteroatoms. The van der Waals surface area contributed by atoms with E-state index in [2.05, 4.69) is 52.9 Å². The van der Waals surface area contributed by atoms with Crippen LogP contribution in [-0.2, 0) is 6.42 Å². The lowest BCUT2D eigenvalue weighted by molar-refractivity contribution is 0.329. The summed E-state index contributed by atoms with van der Waals surface area (Å²) in [7, 11) is 1.85. The predicted molar refractivity (Wildman–Crippen MR) is 101 cm³/mol. The van der Waals surface area contributed by atoms with Crippen molar-refractivity contribution in [2.45, 2.75) is 45.1 Å². The molecule has 0 bridgehead atoms. The lowest BCUT2D eigenvalue weighted by Crippen LogP contribution is -2.45. The van der Waals surface area contributed by atoms with E-state index in [4.69, 9.17) is 0 Å². The second-order valence-corrected chi connectivity index (χ2v) is 5.84. The summed E-state index contributed by atoms with van der Waals surface area (Å²) in [5, 5.41) is 6.97. The van der Waals surface area contributed by atoms with Crippen LogP contribution >= 0.6 is 24.0 Å². The molecule has 1 aliphatic rings. The number of nitrogens with zero attached hydrogens (tertiary/aromatic N) is 1. The van der Waals surface area contributed by atoms with Crippen LogP contribution in [0.2, 0.25) is 0 Å². The third kappa shape index (κ3) is 6.68. The first-order valence-corrected chi connectivity index (χ1v) is 7.79. The van der Waals surface area contributed by atoms with E-state index in [0.717, 1.165) is 24.8 Å². The largest absolute Gasteiger partial charge is 0.356 e. The Bertz CT molecular complexity index is 411. The Morgan fingerprint density at radius 1 is 1.14 bits per heavy atom. The molecule has 1 aromatic rings. The monoisotopic (exact) mass is 401 g/mol. The highest BCUT2D eigenvalue weighted by molar-refractivity contribution is 14.0. The summed E-state index contributed by atoms with van der Waals surface area (Å²) in [6.45, 7) is 3.27. The zero-order valence-corrected chi connectivity index (χ0v) is 15.5. The van der Waals surface area contributed by atoms with Gasteiger partial charge in [0, 0.05) is 19.6 Å². The third-order valence-electron chi connectivity index (χ3n) is 4.13. The minimum Gasteiger partial charge on any atom is -0.356 e. The van der Waals surface area contributed by atoms with E-state index in [-0.39, 0.29) is 24.0 Å². The van der Waals surface area contributed by atoms with Crippen molar-refractivity contribution in [1.82, 2.24) is 10.6 Å². The quantitative estimate of drug-likeness (QED) is 0.460. The van der Waals surface area contributed by atoms with Gasteiger partial charge >= 0.3 is 0 Å². The second kappa shape index (κ2) is 10.0. The number of benzene rings is 1. The van der Waals surface area contributed by atoms with Crippen molar-refractivity contribution in [3.8, 4) is 0 Å². The molecule has 0 radical (unpaired) electrons. The van der Waals surface area contributed by atoms with E-state index in [1.165, 1.54) is 31.2 Å². The zero-order valence-electron chi connectivity index (χ0n) is 13.1. The van der Waals surface area contributed by atoms with Gasteiger partial charge in [0.15, 0.2) is 5.96 Å². The standard InChI is InChI=1S/C17H27N3.HI/c1-14-8-10-16(11-9-14)20-17(18-2)19-13-12-15-6-4-3-5-7-15;/h3-7,14,16H,8-13H2,1-2H3,(H2,18,19,20);1H. The van der Waals surface area contributed by atoms with E-state index in [1.54, 1.807) is 0 Å². The summed E-state index contributed by atoms with van der Waals surface area (Å²) < 4.78 is 0. The molecule has 2 rings (SSSR count). The van der Waals surface area contributed by atoms with Crippen LogP contribution < -0.4 is 10.6 Å². The molecule has 0 spiro atoms. The van der Waals surface area contributed by atoms with Crippen LogP contribution in [-0.4, -0.2) is 25.6 Å². The zero-order chi connectivity index (χ0) is 14.2. The fraction of sp³-hybridized carbons (Fsp3) is 0.588. The van der Waals surface area contributed by atoms with Crippen molar-refractivity contribution in [2.75, 3.05) is 13.6 Å². The SMILES string of the molecule is CN=C(NCCc1ccccc1)NC1CCC(C)CC1.I. The van der Waals surface area contributed by atoms with Gasteiger partial charge in [0.25, 0.3) is 0 Å². The number of hydrogen-bond donors (Lipinski definition) is 2. The van der Waals surface area contributed by atoms with E-state index >= 15 is 0 Å². The average Bonchev–Trinajstić information content (AvgIpc) is 2.49. The molecule has 0 aromatic heterocycles. The van der Waals surface area contributed by atoms with Crippen LogP contribution in [0, 0.1) is 5.92 Å². The lowest BCUT2D eigenvalue weighted by atomic mass is 9.87. The van der Waals surface area contributed by atoms with Crippen molar-refractivity contribution < 1.29 is 0 Å². The highest BCUT2D eigenvalue weighted by Gasteiger charge is 2.18. The predicted octanol–water partition coefficient (Wildman–Crippen LogP) is 3.59. The number of rotatable bonds is 4. The van der Waals surface area contributed by atoms with Gasteiger partial charge in [-0.15, -0.1) is 24.0 Å². The van der Waals surface area contributed by atoms with Gasteiger partial charge in [-0.2, -0.15) is 0 Å². The van der Waals surface area contributed by atoms with Gasteiger partial charge < -0.3 is 10.6 Å². The van der Waals surface area contributed by atoms with E-state index in [9.17, 15) is 0 Å². The minimum atomic E-state index is 0. The smallest absolute Gasteiger partial charge is 0.191 e. The number of nitrogens with one attached hydrogen (secondary N) is 2. The van der Waals surface area contributed by atoms with Crippen LogP contribution in [0.5, 0.6) is 0 Å². The molecule has 2 N–H and O–H groups in total. The summed E-state index contributed by atoms with van der Waals surface area (Å²) in [4.78, 5) is 4.33. The van der Waals surface area contributed by atoms with Crippen molar-refractivity contribution >= 4 is 29.9 Å². The molecule has 0 atom stereocenters. The molecular formula is C17H28IN3. The Hall–Kier alpha value is -0.780. The van der Waals surface area contributed by atoms with E-state index in [1.807, 2.05) is 7.05 Å². The molecule has 0 unspecified atom stereocenters. The molecule has 21 heavy (non-hydrogen) atoms. The Balaban J connectivity index is 0.00000220. The molecule has 0 heterocycles. The number of hydrogen-bond acceptors (Lipinski definition) is 1. The summed E-state index contributed by atoms with van der Waals surface area (Å²) >= 11 is 0. The van der Waals surface area contributed by atoms with Crippen LogP contribution in [0.25, 0.3) is 0 Å². The van der Waals surface area contributed by atoms with Crippen LogP contribution in [0.3, 0.4) is 0 Å². The molecule has 1 saturated carbocycles. The van der Waals surface area contributed by atoms with Gasteiger partial charge in [0.05, 0.1) is 0 Å². The normalized spacial score (nSPS) is 22.3. The first kappa shape index (κ1) is 18.3. The maximum atomic E-state index is 4.33. The number of halogens is 1. The first-order valence-electron chi connectivity index (χ1n) is 7.79. The molecule has 0 saturated heterocycles. The molecule has 0 amide bonds. The summed E-state index contributed by atoms with van der Waals surface area (Å²) in [5.41, 5.74) is 1.36. The molecule has 3 nitrogen and oxygen atoms in total. The summed E-state index contributed by atoms with van der Waals surface area (Å²) in [6.07, 6.45) is 6.22. The Morgan fingerprint density at radius 2 is 1.81 bits per heavy atom.